The highest BCUT2D eigenvalue weighted by atomic mass is 35.5. The molecule has 0 aliphatic rings. The number of nitrogens with zero attached hydrogens (tertiary/aromatic N) is 1. The van der Waals surface area contributed by atoms with Gasteiger partial charge in [-0.25, -0.2) is 4.42 Å². The fourth-order valence-electron chi connectivity index (χ4n) is 1.60. The summed E-state index contributed by atoms with van der Waals surface area (Å²) in [5.41, 5.74) is -0.744. The number of hydrogen-bond acceptors (Lipinski definition) is 2. The Morgan fingerprint density at radius 2 is 1.71 bits per heavy atom. The van der Waals surface area contributed by atoms with Gasteiger partial charge in [-0.2, -0.15) is 0 Å². The zero-order valence-electron chi connectivity index (χ0n) is 10.1. The van der Waals surface area contributed by atoms with Gasteiger partial charge in [-0.3, -0.25) is 4.79 Å². The quantitative estimate of drug-likeness (QED) is 0.661. The average Bonchev–Trinajstić information content (AvgIpc) is 2.02. The Balaban J connectivity index is 4.75. The van der Waals surface area contributed by atoms with Crippen LogP contribution in [0.25, 0.3) is 0 Å². The topological polar surface area (TPSA) is 20.3 Å². The van der Waals surface area contributed by atoms with Crippen molar-refractivity contribution in [2.24, 2.45) is 0 Å². The molecule has 0 aromatic heterocycles. The van der Waals surface area contributed by atoms with Crippen LogP contribution in [0.2, 0.25) is 0 Å². The van der Waals surface area contributed by atoms with Crippen LogP contribution in [0, 0.1) is 0 Å². The SMILES string of the molecule is CCCC(C)(C)N(Cl)C(C)(C)C(C)=O. The summed E-state index contributed by atoms with van der Waals surface area (Å²) in [5.74, 6) is 0.0941. The largest absolute Gasteiger partial charge is 0.298 e. The maximum atomic E-state index is 11.4. The molecule has 0 fully saturated rings. The number of ketones is 1. The highest BCUT2D eigenvalue weighted by Crippen LogP contribution is 2.31. The van der Waals surface area contributed by atoms with E-state index in [2.05, 4.69) is 20.8 Å². The molecule has 0 N–H and O–H groups in total. The van der Waals surface area contributed by atoms with Crippen molar-refractivity contribution in [1.82, 2.24) is 4.42 Å². The normalized spacial score (nSPS) is 13.4. The number of carbonyl (C=O) groups is 1. The molecule has 3 heteroatoms. The molecule has 0 aliphatic heterocycles. The van der Waals surface area contributed by atoms with Gasteiger partial charge in [0, 0.05) is 5.54 Å². The van der Waals surface area contributed by atoms with Gasteiger partial charge >= 0.3 is 0 Å². The van der Waals surface area contributed by atoms with E-state index in [4.69, 9.17) is 11.8 Å². The Bertz CT molecular complexity index is 211. The third kappa shape index (κ3) is 2.96. The van der Waals surface area contributed by atoms with E-state index in [1.54, 1.807) is 11.3 Å². The Morgan fingerprint density at radius 1 is 1.29 bits per heavy atom. The van der Waals surface area contributed by atoms with Crippen LogP contribution < -0.4 is 0 Å². The first-order valence-corrected chi connectivity index (χ1v) is 5.47. The summed E-state index contributed by atoms with van der Waals surface area (Å²) in [5, 5.41) is 0. The van der Waals surface area contributed by atoms with Crippen molar-refractivity contribution in [2.75, 3.05) is 0 Å². The summed E-state index contributed by atoms with van der Waals surface area (Å²) < 4.78 is 1.66. The molecule has 0 amide bonds. The maximum Gasteiger partial charge on any atom is 0.150 e. The van der Waals surface area contributed by atoms with Gasteiger partial charge < -0.3 is 0 Å². The molecule has 0 aliphatic carbocycles. The Labute approximate surface area is 92.7 Å². The van der Waals surface area contributed by atoms with Crippen molar-refractivity contribution in [2.45, 2.75) is 65.5 Å². The van der Waals surface area contributed by atoms with E-state index in [9.17, 15) is 4.79 Å². The zero-order valence-corrected chi connectivity index (χ0v) is 10.9. The van der Waals surface area contributed by atoms with Gasteiger partial charge in [0.25, 0.3) is 0 Å². The number of halogens is 1. The number of Topliss-reactive ketones (excluding diaryl/α,β-unsaturated/α-hetero) is 1. The van der Waals surface area contributed by atoms with Gasteiger partial charge in [0.15, 0.2) is 5.78 Å². The van der Waals surface area contributed by atoms with Crippen molar-refractivity contribution in [3.8, 4) is 0 Å². The Kier molecular flexibility index (Phi) is 4.60. The van der Waals surface area contributed by atoms with Crippen LogP contribution in [0.3, 0.4) is 0 Å². The second kappa shape index (κ2) is 4.63. The molecule has 0 saturated heterocycles. The lowest BCUT2D eigenvalue weighted by molar-refractivity contribution is -0.126. The molecular formula is C11H22ClNO. The molecule has 84 valence electrons. The first kappa shape index (κ1) is 13.9. The highest BCUT2D eigenvalue weighted by Gasteiger charge is 2.39. The summed E-state index contributed by atoms with van der Waals surface area (Å²) in [7, 11) is 0. The van der Waals surface area contributed by atoms with E-state index >= 15 is 0 Å². The predicted molar refractivity (Wildman–Crippen MR) is 61.4 cm³/mol. The summed E-state index contributed by atoms with van der Waals surface area (Å²) in [4.78, 5) is 11.4. The van der Waals surface area contributed by atoms with Crippen molar-refractivity contribution in [3.63, 3.8) is 0 Å². The first-order valence-electron chi connectivity index (χ1n) is 5.13. The van der Waals surface area contributed by atoms with Gasteiger partial charge in [0.1, 0.15) is 0 Å². The molecule has 0 radical (unpaired) electrons. The minimum absolute atomic E-state index is 0.0941. The van der Waals surface area contributed by atoms with E-state index in [1.165, 1.54) is 0 Å². The van der Waals surface area contributed by atoms with Crippen molar-refractivity contribution >= 4 is 17.6 Å². The predicted octanol–water partition coefficient (Wildman–Crippen LogP) is 3.39. The fraction of sp³-hybridized carbons (Fsp3) is 0.909. The first-order chi connectivity index (χ1) is 6.16. The number of hydrogen-bond donors (Lipinski definition) is 0. The second-order valence-corrected chi connectivity index (χ2v) is 5.30. The van der Waals surface area contributed by atoms with Crippen molar-refractivity contribution < 1.29 is 4.79 Å². The van der Waals surface area contributed by atoms with Gasteiger partial charge in [0.2, 0.25) is 0 Å². The fourth-order valence-corrected chi connectivity index (χ4v) is 1.81. The standard InChI is InChI=1S/C11H22ClNO/c1-7-8-10(3,4)13(12)11(5,6)9(2)14/h7-8H2,1-6H3. The van der Waals surface area contributed by atoms with E-state index in [-0.39, 0.29) is 11.3 Å². The third-order valence-electron chi connectivity index (χ3n) is 2.75. The smallest absolute Gasteiger partial charge is 0.150 e. The molecule has 0 saturated carbocycles. The third-order valence-corrected chi connectivity index (χ3v) is 3.63. The van der Waals surface area contributed by atoms with Gasteiger partial charge in [-0.15, -0.1) is 0 Å². The minimum Gasteiger partial charge on any atom is -0.298 e. The Morgan fingerprint density at radius 3 is 2.00 bits per heavy atom. The van der Waals surface area contributed by atoms with Crippen LogP contribution in [0.15, 0.2) is 0 Å². The molecule has 0 heterocycles. The summed E-state index contributed by atoms with van der Waals surface area (Å²) in [6.07, 6.45) is 2.04. The maximum absolute atomic E-state index is 11.4. The molecule has 0 bridgehead atoms. The minimum atomic E-state index is -0.597. The van der Waals surface area contributed by atoms with E-state index in [0.29, 0.717) is 0 Å². The average molecular weight is 220 g/mol. The molecule has 0 aromatic carbocycles. The van der Waals surface area contributed by atoms with Gasteiger partial charge in [0.05, 0.1) is 5.54 Å². The second-order valence-electron chi connectivity index (χ2n) is 4.96. The summed E-state index contributed by atoms with van der Waals surface area (Å²) in [6, 6.07) is 0. The van der Waals surface area contributed by atoms with E-state index in [0.717, 1.165) is 12.8 Å². The number of rotatable bonds is 5. The highest BCUT2D eigenvalue weighted by molar-refractivity contribution is 6.16. The van der Waals surface area contributed by atoms with Crippen LogP contribution >= 0.6 is 11.8 Å². The van der Waals surface area contributed by atoms with E-state index < -0.39 is 5.54 Å². The van der Waals surface area contributed by atoms with Gasteiger partial charge in [-0.1, -0.05) is 13.3 Å². The van der Waals surface area contributed by atoms with Crippen LogP contribution in [-0.4, -0.2) is 21.3 Å². The lowest BCUT2D eigenvalue weighted by Crippen LogP contribution is -2.53. The lowest BCUT2D eigenvalue weighted by atomic mass is 9.91. The summed E-state index contributed by atoms with van der Waals surface area (Å²) >= 11 is 6.25. The molecule has 0 spiro atoms. The molecular weight excluding hydrogens is 198 g/mol. The van der Waals surface area contributed by atoms with E-state index in [1.807, 2.05) is 13.8 Å². The Hall–Kier alpha value is -0.0800. The van der Waals surface area contributed by atoms with Crippen molar-refractivity contribution in [1.29, 1.82) is 0 Å². The molecule has 0 rings (SSSR count). The lowest BCUT2D eigenvalue weighted by Gasteiger charge is -2.42. The molecule has 0 atom stereocenters. The van der Waals surface area contributed by atoms with Crippen molar-refractivity contribution in [3.05, 3.63) is 0 Å². The van der Waals surface area contributed by atoms with Gasteiger partial charge in [-0.05, 0) is 52.8 Å². The monoisotopic (exact) mass is 219 g/mol. The van der Waals surface area contributed by atoms with Crippen LogP contribution in [-0.2, 0) is 4.79 Å². The number of carbonyl (C=O) groups excluding carboxylic acids is 1. The van der Waals surface area contributed by atoms with Crippen LogP contribution in [0.4, 0.5) is 0 Å². The molecule has 14 heavy (non-hydrogen) atoms. The summed E-state index contributed by atoms with van der Waals surface area (Å²) in [6.45, 7) is 11.5. The molecule has 2 nitrogen and oxygen atoms in total. The zero-order chi connectivity index (χ0) is 11.6. The molecule has 0 aromatic rings. The van der Waals surface area contributed by atoms with Crippen LogP contribution in [0.5, 0.6) is 0 Å². The van der Waals surface area contributed by atoms with Crippen LogP contribution in [0.1, 0.15) is 54.4 Å². The molecule has 0 unspecified atom stereocenters.